The number of halogens is 1. The molecule has 32 heavy (non-hydrogen) atoms. The molecule has 1 fully saturated rings. The summed E-state index contributed by atoms with van der Waals surface area (Å²) in [7, 11) is 0. The molecule has 0 bridgehead atoms. The fourth-order valence-corrected chi connectivity index (χ4v) is 3.93. The summed E-state index contributed by atoms with van der Waals surface area (Å²) in [6.07, 6.45) is 2.12. The smallest absolute Gasteiger partial charge is 0.253 e. The Balaban J connectivity index is 1.34. The van der Waals surface area contributed by atoms with Crippen LogP contribution in [0.4, 0.5) is 0 Å². The van der Waals surface area contributed by atoms with Crippen LogP contribution in [-0.4, -0.2) is 29.8 Å². The summed E-state index contributed by atoms with van der Waals surface area (Å²) in [5.41, 5.74) is 3.01. The van der Waals surface area contributed by atoms with Crippen LogP contribution >= 0.6 is 11.6 Å². The molecule has 5 nitrogen and oxygen atoms in total. The first-order valence-electron chi connectivity index (χ1n) is 10.7. The molecule has 0 spiro atoms. The minimum absolute atomic E-state index is 0.0558. The molecule has 0 atom stereocenters. The van der Waals surface area contributed by atoms with Crippen molar-refractivity contribution < 1.29 is 14.3 Å². The van der Waals surface area contributed by atoms with E-state index in [0.29, 0.717) is 35.1 Å². The zero-order valence-corrected chi connectivity index (χ0v) is 18.5. The van der Waals surface area contributed by atoms with Gasteiger partial charge in [0.15, 0.2) is 0 Å². The molecule has 1 saturated heterocycles. The molecule has 4 rings (SSSR count). The monoisotopic (exact) mass is 448 g/mol. The molecule has 0 saturated carbocycles. The van der Waals surface area contributed by atoms with Gasteiger partial charge in [0, 0.05) is 35.8 Å². The zero-order valence-electron chi connectivity index (χ0n) is 17.7. The Hall–Kier alpha value is -3.31. The van der Waals surface area contributed by atoms with Crippen molar-refractivity contribution in [1.82, 2.24) is 10.2 Å². The third-order valence-corrected chi connectivity index (χ3v) is 5.65. The molecule has 3 aromatic carbocycles. The number of ether oxygens (including phenoxy) is 1. The SMILES string of the molecule is O=C(NCc1cccc(C(=O)N2CCCC2)c1)c1cccc(OCc2cccc(Cl)c2)c1. The van der Waals surface area contributed by atoms with Gasteiger partial charge in [0.05, 0.1) is 0 Å². The van der Waals surface area contributed by atoms with E-state index in [9.17, 15) is 9.59 Å². The molecule has 1 N–H and O–H groups in total. The maximum Gasteiger partial charge on any atom is 0.253 e. The first kappa shape index (κ1) is 21.9. The second-order valence-electron chi connectivity index (χ2n) is 7.83. The van der Waals surface area contributed by atoms with Gasteiger partial charge in [-0.1, -0.05) is 41.9 Å². The van der Waals surface area contributed by atoms with Crippen LogP contribution in [0.15, 0.2) is 72.8 Å². The predicted octanol–water partition coefficient (Wildman–Crippen LogP) is 5.09. The van der Waals surface area contributed by atoms with Crippen molar-refractivity contribution in [3.05, 3.63) is 100 Å². The van der Waals surface area contributed by atoms with E-state index in [2.05, 4.69) is 5.32 Å². The van der Waals surface area contributed by atoms with Gasteiger partial charge in [-0.3, -0.25) is 9.59 Å². The number of carbonyl (C=O) groups excluding carboxylic acids is 2. The summed E-state index contributed by atoms with van der Waals surface area (Å²) in [4.78, 5) is 27.1. The van der Waals surface area contributed by atoms with Gasteiger partial charge in [-0.25, -0.2) is 0 Å². The highest BCUT2D eigenvalue weighted by molar-refractivity contribution is 6.30. The highest BCUT2D eigenvalue weighted by Gasteiger charge is 2.19. The summed E-state index contributed by atoms with van der Waals surface area (Å²) in [5.74, 6) is 0.463. The van der Waals surface area contributed by atoms with Crippen LogP contribution in [0.2, 0.25) is 5.02 Å². The fourth-order valence-electron chi connectivity index (χ4n) is 3.72. The second-order valence-corrected chi connectivity index (χ2v) is 8.27. The Morgan fingerprint density at radius 1 is 0.875 bits per heavy atom. The number of benzene rings is 3. The number of hydrogen-bond acceptors (Lipinski definition) is 3. The van der Waals surface area contributed by atoms with Gasteiger partial charge in [0.1, 0.15) is 12.4 Å². The maximum absolute atomic E-state index is 12.7. The first-order chi connectivity index (χ1) is 15.6. The van der Waals surface area contributed by atoms with E-state index in [0.717, 1.165) is 37.1 Å². The summed E-state index contributed by atoms with van der Waals surface area (Å²) < 4.78 is 5.81. The zero-order chi connectivity index (χ0) is 22.3. The molecular formula is C26H25ClN2O3. The van der Waals surface area contributed by atoms with Crippen LogP contribution in [0.1, 0.15) is 44.7 Å². The highest BCUT2D eigenvalue weighted by Crippen LogP contribution is 2.18. The van der Waals surface area contributed by atoms with Crippen LogP contribution < -0.4 is 10.1 Å². The van der Waals surface area contributed by atoms with E-state index in [1.165, 1.54) is 0 Å². The minimum Gasteiger partial charge on any atom is -0.489 e. The van der Waals surface area contributed by atoms with E-state index in [4.69, 9.17) is 16.3 Å². The lowest BCUT2D eigenvalue weighted by Gasteiger charge is -2.15. The average Bonchev–Trinajstić information content (AvgIpc) is 3.36. The van der Waals surface area contributed by atoms with Gasteiger partial charge >= 0.3 is 0 Å². The summed E-state index contributed by atoms with van der Waals surface area (Å²) in [6, 6.07) is 22.0. The Bertz CT molecular complexity index is 1110. The third-order valence-electron chi connectivity index (χ3n) is 5.41. The van der Waals surface area contributed by atoms with Crippen molar-refractivity contribution in [1.29, 1.82) is 0 Å². The van der Waals surface area contributed by atoms with Crippen LogP contribution in [0.5, 0.6) is 5.75 Å². The van der Waals surface area contributed by atoms with Crippen LogP contribution in [0, 0.1) is 0 Å². The topological polar surface area (TPSA) is 58.6 Å². The Morgan fingerprint density at radius 2 is 1.59 bits per heavy atom. The largest absolute Gasteiger partial charge is 0.489 e. The van der Waals surface area contributed by atoms with Gasteiger partial charge in [-0.15, -0.1) is 0 Å². The average molecular weight is 449 g/mol. The molecule has 0 unspecified atom stereocenters. The Morgan fingerprint density at radius 3 is 2.41 bits per heavy atom. The Kier molecular flexibility index (Phi) is 7.07. The molecule has 6 heteroatoms. The van der Waals surface area contributed by atoms with Crippen molar-refractivity contribution in [2.75, 3.05) is 13.1 Å². The normalized spacial score (nSPS) is 13.1. The van der Waals surface area contributed by atoms with E-state index in [1.807, 2.05) is 59.5 Å². The number of rotatable bonds is 7. The van der Waals surface area contributed by atoms with Crippen LogP contribution in [0.25, 0.3) is 0 Å². The van der Waals surface area contributed by atoms with Gasteiger partial charge in [0.2, 0.25) is 0 Å². The van der Waals surface area contributed by atoms with Crippen LogP contribution in [0.3, 0.4) is 0 Å². The first-order valence-corrected chi connectivity index (χ1v) is 11.1. The summed E-state index contributed by atoms with van der Waals surface area (Å²) in [6.45, 7) is 2.34. The Labute approximate surface area is 193 Å². The molecule has 0 aromatic heterocycles. The minimum atomic E-state index is -0.200. The van der Waals surface area contributed by atoms with Crippen molar-refractivity contribution >= 4 is 23.4 Å². The van der Waals surface area contributed by atoms with Crippen molar-refractivity contribution in [3.63, 3.8) is 0 Å². The molecule has 1 aliphatic heterocycles. The van der Waals surface area contributed by atoms with Crippen molar-refractivity contribution in [2.24, 2.45) is 0 Å². The maximum atomic E-state index is 12.7. The van der Waals surface area contributed by atoms with E-state index in [-0.39, 0.29) is 11.8 Å². The van der Waals surface area contributed by atoms with E-state index >= 15 is 0 Å². The number of carbonyl (C=O) groups is 2. The highest BCUT2D eigenvalue weighted by atomic mass is 35.5. The lowest BCUT2D eigenvalue weighted by Crippen LogP contribution is -2.28. The van der Waals surface area contributed by atoms with E-state index in [1.54, 1.807) is 18.2 Å². The second kappa shape index (κ2) is 10.3. The van der Waals surface area contributed by atoms with Crippen LogP contribution in [-0.2, 0) is 13.2 Å². The van der Waals surface area contributed by atoms with Gasteiger partial charge in [-0.2, -0.15) is 0 Å². The number of amides is 2. The van der Waals surface area contributed by atoms with Gasteiger partial charge < -0.3 is 15.0 Å². The number of nitrogens with zero attached hydrogens (tertiary/aromatic N) is 1. The molecule has 0 radical (unpaired) electrons. The number of likely N-dealkylation sites (tertiary alicyclic amines) is 1. The quantitative estimate of drug-likeness (QED) is 0.548. The molecule has 2 amide bonds. The standard InChI is InChI=1S/C26H25ClN2O3/c27-23-10-4-7-20(15-23)18-32-24-11-5-8-21(16-24)25(30)28-17-19-6-3-9-22(14-19)26(31)29-12-1-2-13-29/h3-11,14-16H,1-2,12-13,17-18H2,(H,28,30). The van der Waals surface area contributed by atoms with Gasteiger partial charge in [-0.05, 0) is 66.4 Å². The predicted molar refractivity (Wildman–Crippen MR) is 125 cm³/mol. The molecular weight excluding hydrogens is 424 g/mol. The molecule has 164 valence electrons. The lowest BCUT2D eigenvalue weighted by molar-refractivity contribution is 0.0792. The van der Waals surface area contributed by atoms with E-state index < -0.39 is 0 Å². The summed E-state index contributed by atoms with van der Waals surface area (Å²) in [5, 5.41) is 3.58. The number of nitrogens with one attached hydrogen (secondary N) is 1. The lowest BCUT2D eigenvalue weighted by atomic mass is 10.1. The molecule has 3 aromatic rings. The molecule has 0 aliphatic carbocycles. The summed E-state index contributed by atoms with van der Waals surface area (Å²) >= 11 is 6.01. The fraction of sp³-hybridized carbons (Fsp3) is 0.231. The number of hydrogen-bond donors (Lipinski definition) is 1. The van der Waals surface area contributed by atoms with Gasteiger partial charge in [0.25, 0.3) is 11.8 Å². The molecule has 1 aliphatic rings. The third kappa shape index (κ3) is 5.68. The molecule has 1 heterocycles. The van der Waals surface area contributed by atoms with Crippen molar-refractivity contribution in [2.45, 2.75) is 26.0 Å². The van der Waals surface area contributed by atoms with Crippen molar-refractivity contribution in [3.8, 4) is 5.75 Å².